The van der Waals surface area contributed by atoms with Gasteiger partial charge < -0.3 is 10.3 Å². The summed E-state index contributed by atoms with van der Waals surface area (Å²) in [4.78, 5) is 9.23. The molecule has 0 aliphatic heterocycles. The van der Waals surface area contributed by atoms with E-state index in [0.717, 1.165) is 49.3 Å². The van der Waals surface area contributed by atoms with Gasteiger partial charge in [0.05, 0.1) is 0 Å². The maximum atomic E-state index is 5.78. The van der Waals surface area contributed by atoms with Crippen molar-refractivity contribution in [3.05, 3.63) is 24.2 Å². The van der Waals surface area contributed by atoms with Crippen molar-refractivity contribution in [2.45, 2.75) is 53.5 Å². The summed E-state index contributed by atoms with van der Waals surface area (Å²) < 4.78 is 2.23. The van der Waals surface area contributed by atoms with E-state index in [1.54, 1.807) is 0 Å². The predicted molar refractivity (Wildman–Crippen MR) is 88.1 cm³/mol. The number of hydrogen-bond donors (Lipinski definition) is 1. The zero-order valence-electron chi connectivity index (χ0n) is 13.8. The zero-order chi connectivity index (χ0) is 15.5. The van der Waals surface area contributed by atoms with Crippen LogP contribution in [0.1, 0.15) is 46.4 Å². The monoisotopic (exact) mass is 288 g/mol. The van der Waals surface area contributed by atoms with Crippen molar-refractivity contribution in [2.75, 3.05) is 6.54 Å². The molecule has 0 fully saturated rings. The largest absolute Gasteiger partial charge is 0.330 e. The van der Waals surface area contributed by atoms with Crippen LogP contribution in [-0.2, 0) is 13.0 Å². The highest BCUT2D eigenvalue weighted by molar-refractivity contribution is 5.71. The lowest BCUT2D eigenvalue weighted by molar-refractivity contribution is 0.213. The van der Waals surface area contributed by atoms with Crippen LogP contribution in [-0.4, -0.2) is 21.1 Å². The Bertz CT molecular complexity index is 580. The minimum Gasteiger partial charge on any atom is -0.330 e. The Balaban J connectivity index is 2.19. The molecule has 0 spiro atoms. The maximum Gasteiger partial charge on any atom is 0.159 e. The molecule has 0 aliphatic carbocycles. The van der Waals surface area contributed by atoms with Gasteiger partial charge in [-0.15, -0.1) is 0 Å². The fraction of sp³-hybridized carbons (Fsp3) is 0.647. The lowest BCUT2D eigenvalue weighted by Crippen LogP contribution is -2.24. The molecular weight excluding hydrogens is 260 g/mol. The molecule has 4 heteroatoms. The molecule has 1 unspecified atom stereocenters. The van der Waals surface area contributed by atoms with E-state index >= 15 is 0 Å². The minimum atomic E-state index is 0.292. The van der Waals surface area contributed by atoms with Gasteiger partial charge in [-0.05, 0) is 49.8 Å². The second kappa shape index (κ2) is 6.56. The van der Waals surface area contributed by atoms with Crippen LogP contribution in [0, 0.1) is 11.3 Å². The second-order valence-electron chi connectivity index (χ2n) is 6.80. The third-order valence-electron chi connectivity index (χ3n) is 4.36. The molecule has 0 bridgehead atoms. The van der Waals surface area contributed by atoms with Crippen LogP contribution in [0.5, 0.6) is 0 Å². The summed E-state index contributed by atoms with van der Waals surface area (Å²) in [5.41, 5.74) is 8.08. The van der Waals surface area contributed by atoms with E-state index in [-0.39, 0.29) is 0 Å². The molecule has 0 saturated carbocycles. The number of pyridine rings is 1. The highest BCUT2D eigenvalue weighted by Crippen LogP contribution is 2.32. The predicted octanol–water partition coefficient (Wildman–Crippen LogP) is 3.39. The Kier molecular flexibility index (Phi) is 4.99. The van der Waals surface area contributed by atoms with E-state index in [9.17, 15) is 0 Å². The average Bonchev–Trinajstić information content (AvgIpc) is 2.79. The number of hydrogen-bond acceptors (Lipinski definition) is 3. The van der Waals surface area contributed by atoms with Crippen LogP contribution >= 0.6 is 0 Å². The van der Waals surface area contributed by atoms with Crippen molar-refractivity contribution in [1.29, 1.82) is 0 Å². The molecule has 0 amide bonds. The van der Waals surface area contributed by atoms with Gasteiger partial charge in [0.15, 0.2) is 5.65 Å². The van der Waals surface area contributed by atoms with Gasteiger partial charge in [-0.1, -0.05) is 20.8 Å². The number of imidazole rings is 1. The minimum absolute atomic E-state index is 0.292. The van der Waals surface area contributed by atoms with Crippen LogP contribution in [0.2, 0.25) is 0 Å². The van der Waals surface area contributed by atoms with Crippen LogP contribution < -0.4 is 5.73 Å². The average molecular weight is 288 g/mol. The van der Waals surface area contributed by atoms with Gasteiger partial charge >= 0.3 is 0 Å². The molecule has 0 aromatic carbocycles. The molecular formula is C17H28N4. The fourth-order valence-electron chi connectivity index (χ4n) is 3.04. The lowest BCUT2D eigenvalue weighted by atomic mass is 9.76. The Hall–Kier alpha value is -1.42. The summed E-state index contributed by atoms with van der Waals surface area (Å²) in [5, 5.41) is 0. The van der Waals surface area contributed by atoms with E-state index < -0.39 is 0 Å². The molecule has 2 aromatic rings. The van der Waals surface area contributed by atoms with Gasteiger partial charge in [-0.25, -0.2) is 9.97 Å². The molecule has 4 nitrogen and oxygen atoms in total. The first-order valence-corrected chi connectivity index (χ1v) is 7.97. The Morgan fingerprint density at radius 2 is 2.05 bits per heavy atom. The highest BCUT2D eigenvalue weighted by atomic mass is 15.1. The summed E-state index contributed by atoms with van der Waals surface area (Å²) in [6.45, 7) is 10.7. The van der Waals surface area contributed by atoms with Crippen LogP contribution in [0.25, 0.3) is 11.2 Å². The number of nitrogens with zero attached hydrogens (tertiary/aromatic N) is 3. The van der Waals surface area contributed by atoms with Gasteiger partial charge in [-0.3, -0.25) is 0 Å². The van der Waals surface area contributed by atoms with Crippen molar-refractivity contribution in [3.63, 3.8) is 0 Å². The van der Waals surface area contributed by atoms with E-state index in [1.165, 1.54) is 0 Å². The van der Waals surface area contributed by atoms with E-state index in [2.05, 4.69) is 37.2 Å². The van der Waals surface area contributed by atoms with E-state index in [0.29, 0.717) is 11.3 Å². The Labute approximate surface area is 127 Å². The van der Waals surface area contributed by atoms with Gasteiger partial charge in [0, 0.05) is 19.2 Å². The third-order valence-corrected chi connectivity index (χ3v) is 4.36. The first kappa shape index (κ1) is 16.0. The molecule has 0 saturated heterocycles. The number of fused-ring (bicyclic) bond motifs is 1. The van der Waals surface area contributed by atoms with Crippen molar-refractivity contribution in [2.24, 2.45) is 17.1 Å². The summed E-state index contributed by atoms with van der Waals surface area (Å²) in [6.07, 6.45) is 5.04. The molecule has 2 N–H and O–H groups in total. The van der Waals surface area contributed by atoms with Gasteiger partial charge in [0.2, 0.25) is 0 Å². The number of aryl methyl sites for hydroxylation is 2. The lowest BCUT2D eigenvalue weighted by Gasteiger charge is -2.30. The smallest absolute Gasteiger partial charge is 0.159 e. The molecule has 0 radical (unpaired) electrons. The normalized spacial score (nSPS) is 13.8. The number of nitrogens with two attached hydrogens (primary N) is 1. The molecule has 2 aromatic heterocycles. The van der Waals surface area contributed by atoms with Crippen LogP contribution in [0.3, 0.4) is 0 Å². The quantitative estimate of drug-likeness (QED) is 0.886. The standard InChI is InChI=1S/C17H28N4/c1-5-21-15(20-14-7-6-12-19-16(14)21)9-8-13(10-11-18)17(2,3)4/h6-7,12-13H,5,8-11,18H2,1-4H3. The van der Waals surface area contributed by atoms with Gasteiger partial charge in [-0.2, -0.15) is 0 Å². The second-order valence-corrected chi connectivity index (χ2v) is 6.80. The third kappa shape index (κ3) is 3.62. The highest BCUT2D eigenvalue weighted by Gasteiger charge is 2.24. The zero-order valence-corrected chi connectivity index (χ0v) is 13.8. The molecule has 116 valence electrons. The van der Waals surface area contributed by atoms with Crippen LogP contribution in [0.15, 0.2) is 18.3 Å². The number of aromatic nitrogens is 3. The summed E-state index contributed by atoms with van der Waals surface area (Å²) in [6, 6.07) is 3.99. The van der Waals surface area contributed by atoms with Crippen molar-refractivity contribution >= 4 is 11.2 Å². The Morgan fingerprint density at radius 3 is 2.67 bits per heavy atom. The SMILES string of the molecule is CCn1c(CCC(CCN)C(C)(C)C)nc2cccnc21. The molecule has 21 heavy (non-hydrogen) atoms. The van der Waals surface area contributed by atoms with Crippen molar-refractivity contribution in [3.8, 4) is 0 Å². The summed E-state index contributed by atoms with van der Waals surface area (Å²) in [7, 11) is 0. The van der Waals surface area contributed by atoms with Crippen LogP contribution in [0.4, 0.5) is 0 Å². The van der Waals surface area contributed by atoms with Gasteiger partial charge in [0.25, 0.3) is 0 Å². The van der Waals surface area contributed by atoms with Gasteiger partial charge in [0.1, 0.15) is 11.3 Å². The first-order valence-electron chi connectivity index (χ1n) is 7.97. The molecule has 2 rings (SSSR count). The summed E-state index contributed by atoms with van der Waals surface area (Å²) in [5.74, 6) is 1.78. The van der Waals surface area contributed by atoms with E-state index in [4.69, 9.17) is 10.7 Å². The topological polar surface area (TPSA) is 56.7 Å². The molecule has 1 atom stereocenters. The number of rotatable bonds is 6. The molecule has 0 aliphatic rings. The Morgan fingerprint density at radius 1 is 1.29 bits per heavy atom. The molecule has 2 heterocycles. The van der Waals surface area contributed by atoms with Crippen molar-refractivity contribution < 1.29 is 0 Å². The maximum absolute atomic E-state index is 5.78. The fourth-order valence-corrected chi connectivity index (χ4v) is 3.04. The van der Waals surface area contributed by atoms with Crippen molar-refractivity contribution in [1.82, 2.24) is 14.5 Å². The van der Waals surface area contributed by atoms with E-state index in [1.807, 2.05) is 18.3 Å². The first-order chi connectivity index (χ1) is 9.97. The summed E-state index contributed by atoms with van der Waals surface area (Å²) >= 11 is 0.